The first-order valence-corrected chi connectivity index (χ1v) is 8.60. The standard InChI is InChI=1S/C16H14FN5O4S/c1-8-13(19-7-18-8)14(25)20-21-16-22(10-4-2-9(17)3-5-10)15(26)11(27-16)6-12(23)24/h2-5,7,11H,6H2,1H3,(H,18,19)(H,20,25)(H,23,24)/b21-16+. The smallest absolute Gasteiger partial charge is 0.305 e. The maximum Gasteiger partial charge on any atom is 0.305 e. The Bertz CT molecular complexity index is 927. The van der Waals surface area contributed by atoms with E-state index in [1.807, 2.05) is 0 Å². The molecular formula is C16H14FN5O4S. The van der Waals surface area contributed by atoms with Gasteiger partial charge in [-0.15, -0.1) is 5.10 Å². The molecule has 1 unspecified atom stereocenters. The van der Waals surface area contributed by atoms with Crippen LogP contribution in [0.5, 0.6) is 0 Å². The van der Waals surface area contributed by atoms with E-state index in [1.165, 1.54) is 30.6 Å². The number of hydrogen-bond acceptors (Lipinski definition) is 6. The van der Waals surface area contributed by atoms with Crippen molar-refractivity contribution in [2.45, 2.75) is 18.6 Å². The number of halogens is 1. The molecule has 1 aromatic carbocycles. The first-order valence-electron chi connectivity index (χ1n) is 7.73. The van der Waals surface area contributed by atoms with Crippen LogP contribution in [0.15, 0.2) is 35.7 Å². The third kappa shape index (κ3) is 3.97. The largest absolute Gasteiger partial charge is 0.481 e. The molecule has 1 aromatic heterocycles. The highest BCUT2D eigenvalue weighted by Crippen LogP contribution is 2.33. The third-order valence-electron chi connectivity index (χ3n) is 3.68. The molecule has 1 aliphatic rings. The second-order valence-corrected chi connectivity index (χ2v) is 6.74. The highest BCUT2D eigenvalue weighted by molar-refractivity contribution is 8.16. The summed E-state index contributed by atoms with van der Waals surface area (Å²) in [5, 5.41) is 12.1. The minimum absolute atomic E-state index is 0.0828. The molecule has 1 aliphatic heterocycles. The van der Waals surface area contributed by atoms with Gasteiger partial charge in [-0.25, -0.2) is 14.8 Å². The molecule has 2 aromatic rings. The number of imidazole rings is 1. The maximum absolute atomic E-state index is 13.2. The second kappa shape index (κ2) is 7.58. The van der Waals surface area contributed by atoms with E-state index >= 15 is 0 Å². The van der Waals surface area contributed by atoms with E-state index in [2.05, 4.69) is 20.5 Å². The van der Waals surface area contributed by atoms with Gasteiger partial charge in [-0.05, 0) is 31.2 Å². The number of anilines is 1. The van der Waals surface area contributed by atoms with Crippen LogP contribution in [0, 0.1) is 12.7 Å². The Morgan fingerprint density at radius 1 is 1.41 bits per heavy atom. The number of hydrogen-bond donors (Lipinski definition) is 3. The molecule has 140 valence electrons. The van der Waals surface area contributed by atoms with Gasteiger partial charge in [-0.3, -0.25) is 19.3 Å². The summed E-state index contributed by atoms with van der Waals surface area (Å²) >= 11 is 0.907. The van der Waals surface area contributed by atoms with Gasteiger partial charge < -0.3 is 10.1 Å². The second-order valence-electron chi connectivity index (χ2n) is 5.57. The Morgan fingerprint density at radius 3 is 2.70 bits per heavy atom. The molecule has 11 heteroatoms. The van der Waals surface area contributed by atoms with Crippen LogP contribution >= 0.6 is 11.8 Å². The Balaban J connectivity index is 1.88. The van der Waals surface area contributed by atoms with Gasteiger partial charge >= 0.3 is 5.97 Å². The lowest BCUT2D eigenvalue weighted by Gasteiger charge is -2.16. The van der Waals surface area contributed by atoms with E-state index in [4.69, 9.17) is 5.11 Å². The number of aryl methyl sites for hydroxylation is 1. The number of carboxylic acids is 1. The summed E-state index contributed by atoms with van der Waals surface area (Å²) in [4.78, 5) is 43.5. The van der Waals surface area contributed by atoms with Crippen LogP contribution in [-0.4, -0.2) is 43.3 Å². The van der Waals surface area contributed by atoms with Gasteiger partial charge in [-0.1, -0.05) is 11.8 Å². The number of benzene rings is 1. The van der Waals surface area contributed by atoms with Gasteiger partial charge in [0.2, 0.25) is 5.91 Å². The molecule has 3 rings (SSSR count). The molecule has 1 fully saturated rings. The number of hydrazone groups is 1. The Hall–Kier alpha value is -3.21. The predicted octanol–water partition coefficient (Wildman–Crippen LogP) is 1.48. The Morgan fingerprint density at radius 2 is 2.11 bits per heavy atom. The van der Waals surface area contributed by atoms with Crippen molar-refractivity contribution in [1.29, 1.82) is 0 Å². The number of aromatic amines is 1. The van der Waals surface area contributed by atoms with Gasteiger partial charge in [0.05, 0.1) is 18.4 Å². The van der Waals surface area contributed by atoms with E-state index < -0.39 is 35.3 Å². The van der Waals surface area contributed by atoms with Gasteiger partial charge in [0.15, 0.2) is 10.9 Å². The number of nitrogens with one attached hydrogen (secondary N) is 2. The van der Waals surface area contributed by atoms with E-state index in [1.54, 1.807) is 6.92 Å². The first kappa shape index (κ1) is 18.6. The van der Waals surface area contributed by atoms with Crippen LogP contribution in [0.25, 0.3) is 0 Å². The fourth-order valence-corrected chi connectivity index (χ4v) is 3.49. The molecule has 27 heavy (non-hydrogen) atoms. The molecule has 2 amide bonds. The molecule has 0 radical (unpaired) electrons. The highest BCUT2D eigenvalue weighted by Gasteiger charge is 2.40. The zero-order valence-corrected chi connectivity index (χ0v) is 14.8. The topological polar surface area (TPSA) is 128 Å². The van der Waals surface area contributed by atoms with Crippen LogP contribution in [0.3, 0.4) is 0 Å². The lowest BCUT2D eigenvalue weighted by Crippen LogP contribution is -2.34. The van der Waals surface area contributed by atoms with E-state index in [0.717, 1.165) is 16.7 Å². The number of amidine groups is 1. The van der Waals surface area contributed by atoms with Gasteiger partial charge in [-0.2, -0.15) is 0 Å². The van der Waals surface area contributed by atoms with Gasteiger partial charge in [0.1, 0.15) is 11.1 Å². The summed E-state index contributed by atoms with van der Waals surface area (Å²) in [6.07, 6.45) is 0.950. The average molecular weight is 391 g/mol. The molecule has 0 bridgehead atoms. The van der Waals surface area contributed by atoms with Gasteiger partial charge in [0.25, 0.3) is 5.91 Å². The molecule has 0 saturated carbocycles. The number of thioether (sulfide) groups is 1. The van der Waals surface area contributed by atoms with Crippen LogP contribution in [0.2, 0.25) is 0 Å². The number of nitrogens with zero attached hydrogens (tertiary/aromatic N) is 3. The number of H-pyrrole nitrogens is 1. The molecule has 0 aliphatic carbocycles. The number of amides is 2. The van der Waals surface area contributed by atoms with Crippen molar-refractivity contribution in [2.24, 2.45) is 5.10 Å². The minimum atomic E-state index is -1.14. The van der Waals surface area contributed by atoms with Crippen LogP contribution in [-0.2, 0) is 9.59 Å². The van der Waals surface area contributed by atoms with Crippen molar-refractivity contribution >= 4 is 40.4 Å². The molecule has 1 saturated heterocycles. The highest BCUT2D eigenvalue weighted by atomic mass is 32.2. The fraction of sp³-hybridized carbons (Fsp3) is 0.188. The lowest BCUT2D eigenvalue weighted by atomic mass is 10.2. The van der Waals surface area contributed by atoms with E-state index in [0.29, 0.717) is 11.4 Å². The normalized spacial score (nSPS) is 18.1. The number of aliphatic carboxylic acids is 1. The molecule has 3 N–H and O–H groups in total. The summed E-state index contributed by atoms with van der Waals surface area (Å²) < 4.78 is 13.2. The van der Waals surface area contributed by atoms with Crippen LogP contribution in [0.1, 0.15) is 22.6 Å². The number of carbonyl (C=O) groups is 3. The number of carbonyl (C=O) groups excluding carboxylic acids is 2. The zero-order chi connectivity index (χ0) is 19.6. The van der Waals surface area contributed by atoms with E-state index in [9.17, 15) is 18.8 Å². The summed E-state index contributed by atoms with van der Waals surface area (Å²) in [6.45, 7) is 1.66. The van der Waals surface area contributed by atoms with Crippen molar-refractivity contribution in [3.8, 4) is 0 Å². The summed E-state index contributed by atoms with van der Waals surface area (Å²) in [5.74, 6) is -2.73. The Kier molecular flexibility index (Phi) is 5.21. The molecule has 2 heterocycles. The first-order chi connectivity index (χ1) is 12.9. The number of carboxylic acid groups (broad SMARTS) is 1. The minimum Gasteiger partial charge on any atom is -0.481 e. The Labute approximate surface area is 156 Å². The van der Waals surface area contributed by atoms with Gasteiger partial charge in [0, 0.05) is 5.69 Å². The van der Waals surface area contributed by atoms with E-state index in [-0.39, 0.29) is 10.9 Å². The monoisotopic (exact) mass is 391 g/mol. The SMILES string of the molecule is Cc1[nH]cnc1C(=O)N/N=C1/SC(CC(=O)O)C(=O)N1c1ccc(F)cc1. The molecule has 0 spiro atoms. The average Bonchev–Trinajstić information content (AvgIpc) is 3.17. The van der Waals surface area contributed by atoms with Crippen molar-refractivity contribution in [3.05, 3.63) is 47.8 Å². The number of aromatic nitrogens is 2. The maximum atomic E-state index is 13.2. The summed E-state index contributed by atoms with van der Waals surface area (Å²) in [5.41, 5.74) is 3.30. The van der Waals surface area contributed by atoms with Crippen molar-refractivity contribution in [2.75, 3.05) is 4.90 Å². The van der Waals surface area contributed by atoms with Crippen LogP contribution in [0.4, 0.5) is 10.1 Å². The third-order valence-corrected chi connectivity index (χ3v) is 4.82. The molecular weight excluding hydrogens is 377 g/mol. The number of rotatable bonds is 5. The quantitative estimate of drug-likeness (QED) is 0.663. The van der Waals surface area contributed by atoms with Crippen LogP contribution < -0.4 is 10.3 Å². The lowest BCUT2D eigenvalue weighted by molar-refractivity contribution is -0.138. The predicted molar refractivity (Wildman–Crippen MR) is 95.7 cm³/mol. The summed E-state index contributed by atoms with van der Waals surface area (Å²) in [7, 11) is 0. The van der Waals surface area contributed by atoms with Crippen molar-refractivity contribution in [3.63, 3.8) is 0 Å². The fourth-order valence-electron chi connectivity index (χ4n) is 2.40. The van der Waals surface area contributed by atoms with Crippen molar-refractivity contribution in [1.82, 2.24) is 15.4 Å². The summed E-state index contributed by atoms with van der Waals surface area (Å²) in [6, 6.07) is 5.07. The molecule has 1 atom stereocenters. The van der Waals surface area contributed by atoms with Crippen molar-refractivity contribution < 1.29 is 23.9 Å². The zero-order valence-electron chi connectivity index (χ0n) is 14.0. The molecule has 9 nitrogen and oxygen atoms in total.